The lowest BCUT2D eigenvalue weighted by atomic mass is 10.1. The fourth-order valence-corrected chi connectivity index (χ4v) is 3.39. The number of benzene rings is 1. The van der Waals surface area contributed by atoms with E-state index in [-0.39, 0.29) is 5.91 Å². The Bertz CT molecular complexity index is 649. The number of rotatable bonds is 8. The normalized spacial score (nSPS) is 18.7. The van der Waals surface area contributed by atoms with Gasteiger partial charge in [0.1, 0.15) is 0 Å². The van der Waals surface area contributed by atoms with Crippen molar-refractivity contribution in [3.05, 3.63) is 29.8 Å². The molecule has 1 aliphatic rings. The third-order valence-corrected chi connectivity index (χ3v) is 4.96. The Balaban J connectivity index is 1.84. The maximum absolute atomic E-state index is 12.0. The topological polar surface area (TPSA) is 98.0 Å². The second-order valence-electron chi connectivity index (χ2n) is 7.19. The summed E-state index contributed by atoms with van der Waals surface area (Å²) in [5, 5.41) is 9.24. The molecule has 0 aromatic heterocycles. The number of nitrogens with one attached hydrogen (secondary N) is 3. The first-order valence-corrected chi connectivity index (χ1v) is 9.99. The molecule has 0 saturated carbocycles. The summed E-state index contributed by atoms with van der Waals surface area (Å²) >= 11 is 0. The van der Waals surface area contributed by atoms with E-state index in [1.165, 1.54) is 5.56 Å². The Labute approximate surface area is 168 Å². The van der Waals surface area contributed by atoms with Crippen molar-refractivity contribution in [1.29, 1.82) is 0 Å². The van der Waals surface area contributed by atoms with Crippen molar-refractivity contribution >= 4 is 17.6 Å². The van der Waals surface area contributed by atoms with Crippen LogP contribution in [0.1, 0.15) is 18.9 Å². The summed E-state index contributed by atoms with van der Waals surface area (Å²) in [6.07, 6.45) is 0.823. The molecule has 0 radical (unpaired) electrons. The highest BCUT2D eigenvalue weighted by molar-refractivity contribution is 5.93. The minimum atomic E-state index is 0.0887. The van der Waals surface area contributed by atoms with Crippen LogP contribution in [0.5, 0.6) is 0 Å². The average molecular weight is 390 g/mol. The number of guanidine groups is 1. The van der Waals surface area contributed by atoms with Gasteiger partial charge in [0.05, 0.1) is 6.54 Å². The molecule has 1 unspecified atom stereocenters. The second kappa shape index (κ2) is 11.6. The fourth-order valence-electron chi connectivity index (χ4n) is 3.39. The zero-order valence-electron chi connectivity index (χ0n) is 17.4. The van der Waals surface area contributed by atoms with Gasteiger partial charge in [-0.25, -0.2) is 0 Å². The van der Waals surface area contributed by atoms with Gasteiger partial charge in [-0.3, -0.25) is 19.6 Å². The van der Waals surface area contributed by atoms with E-state index in [9.17, 15) is 4.79 Å². The maximum atomic E-state index is 12.0. The van der Waals surface area contributed by atoms with E-state index in [4.69, 9.17) is 5.73 Å². The molecule has 8 heteroatoms. The van der Waals surface area contributed by atoms with E-state index in [0.29, 0.717) is 25.7 Å². The number of nitrogens with zero attached hydrogens (tertiary/aromatic N) is 3. The number of amides is 1. The number of hydrogen-bond donors (Lipinski definition) is 4. The lowest BCUT2D eigenvalue weighted by Crippen LogP contribution is -2.53. The molecule has 1 aromatic carbocycles. The molecule has 28 heavy (non-hydrogen) atoms. The highest BCUT2D eigenvalue weighted by atomic mass is 16.2. The van der Waals surface area contributed by atoms with E-state index in [1.807, 2.05) is 13.1 Å². The predicted molar refractivity (Wildman–Crippen MR) is 115 cm³/mol. The summed E-state index contributed by atoms with van der Waals surface area (Å²) in [5.41, 5.74) is 7.74. The first-order chi connectivity index (χ1) is 13.5. The number of nitrogens with two attached hydrogens (primary N) is 1. The van der Waals surface area contributed by atoms with Crippen LogP contribution in [0, 0.1) is 0 Å². The third kappa shape index (κ3) is 7.10. The SMILES string of the molecule is C/N=C(\NC)Nc1cccc(CN2CCN(CC(=O)NCCCN)CC2C)c1. The number of aliphatic imine (C=N–C) groups is 1. The van der Waals surface area contributed by atoms with Crippen LogP contribution >= 0.6 is 0 Å². The van der Waals surface area contributed by atoms with Gasteiger partial charge in [0.25, 0.3) is 0 Å². The molecule has 1 amide bonds. The molecule has 1 heterocycles. The number of anilines is 1. The molecule has 0 spiro atoms. The van der Waals surface area contributed by atoms with Gasteiger partial charge >= 0.3 is 0 Å². The summed E-state index contributed by atoms with van der Waals surface area (Å²) in [7, 11) is 3.60. The number of carbonyl (C=O) groups excluding carboxylic acids is 1. The van der Waals surface area contributed by atoms with Crippen LogP contribution in [0.3, 0.4) is 0 Å². The Morgan fingerprint density at radius 3 is 2.86 bits per heavy atom. The standard InChI is InChI=1S/C20H35N7O/c1-16-13-26(15-19(28)24-9-5-8-21)10-11-27(16)14-17-6-4-7-18(12-17)25-20(22-2)23-3/h4,6-7,12,16H,5,8-11,13-15,21H2,1-3H3,(H,24,28)(H2,22,23,25). The highest BCUT2D eigenvalue weighted by Crippen LogP contribution is 2.17. The molecular formula is C20H35N7O. The molecule has 1 aliphatic heterocycles. The first kappa shape index (κ1) is 22.1. The van der Waals surface area contributed by atoms with Gasteiger partial charge in [-0.2, -0.15) is 0 Å². The van der Waals surface area contributed by atoms with Gasteiger partial charge in [-0.15, -0.1) is 0 Å². The second-order valence-corrected chi connectivity index (χ2v) is 7.19. The lowest BCUT2D eigenvalue weighted by molar-refractivity contribution is -0.122. The molecule has 0 bridgehead atoms. The van der Waals surface area contributed by atoms with Crippen LogP contribution in [0.4, 0.5) is 5.69 Å². The van der Waals surface area contributed by atoms with Gasteiger partial charge in [0.2, 0.25) is 5.91 Å². The molecule has 2 rings (SSSR count). The molecule has 1 saturated heterocycles. The van der Waals surface area contributed by atoms with E-state index >= 15 is 0 Å². The monoisotopic (exact) mass is 389 g/mol. The molecule has 156 valence electrons. The van der Waals surface area contributed by atoms with Crippen molar-refractivity contribution in [3.8, 4) is 0 Å². The van der Waals surface area contributed by atoms with Crippen LogP contribution in [0.15, 0.2) is 29.3 Å². The van der Waals surface area contributed by atoms with Crippen molar-refractivity contribution in [2.45, 2.75) is 25.9 Å². The van der Waals surface area contributed by atoms with E-state index in [2.05, 4.69) is 55.9 Å². The number of piperazine rings is 1. The maximum Gasteiger partial charge on any atom is 0.234 e. The summed E-state index contributed by atoms with van der Waals surface area (Å²) in [4.78, 5) is 20.9. The Kier molecular flexibility index (Phi) is 9.19. The van der Waals surface area contributed by atoms with Crippen LogP contribution < -0.4 is 21.7 Å². The van der Waals surface area contributed by atoms with Gasteiger partial charge in [0, 0.05) is 58.5 Å². The Morgan fingerprint density at radius 1 is 1.36 bits per heavy atom. The molecule has 5 N–H and O–H groups in total. The summed E-state index contributed by atoms with van der Waals surface area (Å²) in [6, 6.07) is 8.81. The van der Waals surface area contributed by atoms with Crippen LogP contribution in [-0.2, 0) is 11.3 Å². The van der Waals surface area contributed by atoms with Crippen molar-refractivity contribution < 1.29 is 4.79 Å². The third-order valence-electron chi connectivity index (χ3n) is 4.96. The molecular weight excluding hydrogens is 354 g/mol. The van der Waals surface area contributed by atoms with E-state index in [1.54, 1.807) is 7.05 Å². The van der Waals surface area contributed by atoms with Gasteiger partial charge < -0.3 is 21.7 Å². The number of hydrogen-bond acceptors (Lipinski definition) is 5. The minimum Gasteiger partial charge on any atom is -0.359 e. The van der Waals surface area contributed by atoms with Crippen LogP contribution in [-0.4, -0.2) is 81.1 Å². The Hall–Kier alpha value is -2.16. The lowest BCUT2D eigenvalue weighted by Gasteiger charge is -2.39. The van der Waals surface area contributed by atoms with Gasteiger partial charge in [-0.05, 0) is 37.6 Å². The molecule has 0 aliphatic carbocycles. The molecule has 1 atom stereocenters. The smallest absolute Gasteiger partial charge is 0.234 e. The van der Waals surface area contributed by atoms with E-state index < -0.39 is 0 Å². The molecule has 1 aromatic rings. The zero-order valence-corrected chi connectivity index (χ0v) is 17.4. The van der Waals surface area contributed by atoms with Crippen molar-refractivity contribution in [1.82, 2.24) is 20.4 Å². The largest absolute Gasteiger partial charge is 0.359 e. The van der Waals surface area contributed by atoms with Crippen molar-refractivity contribution in [2.75, 3.05) is 58.7 Å². The average Bonchev–Trinajstić information content (AvgIpc) is 2.69. The zero-order chi connectivity index (χ0) is 20.4. The summed E-state index contributed by atoms with van der Waals surface area (Å²) in [5.74, 6) is 0.828. The minimum absolute atomic E-state index is 0.0887. The summed E-state index contributed by atoms with van der Waals surface area (Å²) in [6.45, 7) is 7.60. The van der Waals surface area contributed by atoms with Crippen molar-refractivity contribution in [2.24, 2.45) is 10.7 Å². The van der Waals surface area contributed by atoms with Crippen molar-refractivity contribution in [3.63, 3.8) is 0 Å². The molecule has 1 fully saturated rings. The van der Waals surface area contributed by atoms with Gasteiger partial charge in [0.15, 0.2) is 5.96 Å². The predicted octanol–water partition coefficient (Wildman–Crippen LogP) is 0.275. The number of carbonyl (C=O) groups is 1. The fraction of sp³-hybridized carbons (Fsp3) is 0.600. The van der Waals surface area contributed by atoms with Gasteiger partial charge in [-0.1, -0.05) is 12.1 Å². The highest BCUT2D eigenvalue weighted by Gasteiger charge is 2.24. The van der Waals surface area contributed by atoms with E-state index in [0.717, 1.165) is 44.2 Å². The summed E-state index contributed by atoms with van der Waals surface area (Å²) < 4.78 is 0. The van der Waals surface area contributed by atoms with Crippen LogP contribution in [0.25, 0.3) is 0 Å². The first-order valence-electron chi connectivity index (χ1n) is 9.99. The quantitative estimate of drug-likeness (QED) is 0.290. The molecule has 8 nitrogen and oxygen atoms in total. The Morgan fingerprint density at radius 2 is 2.18 bits per heavy atom. The van der Waals surface area contributed by atoms with Crippen LogP contribution in [0.2, 0.25) is 0 Å².